The monoisotopic (exact) mass is 294 g/mol. The van der Waals surface area contributed by atoms with Gasteiger partial charge in [-0.05, 0) is 55.4 Å². The Hall–Kier alpha value is -1.40. The predicted octanol–water partition coefficient (Wildman–Crippen LogP) is 1.63. The van der Waals surface area contributed by atoms with Gasteiger partial charge in [-0.25, -0.2) is 13.6 Å². The van der Waals surface area contributed by atoms with Gasteiger partial charge in [0.1, 0.15) is 0 Å². The fraction of sp³-hybridized carbons (Fsp3) is 0.500. The number of nitrogens with one attached hydrogen (secondary N) is 1. The summed E-state index contributed by atoms with van der Waals surface area (Å²) in [5.74, 6) is 1.35. The molecule has 0 bridgehead atoms. The van der Waals surface area contributed by atoms with Gasteiger partial charge in [-0.3, -0.25) is 4.79 Å². The Labute approximate surface area is 118 Å². The van der Waals surface area contributed by atoms with E-state index < -0.39 is 10.0 Å². The fourth-order valence-electron chi connectivity index (χ4n) is 3.38. The van der Waals surface area contributed by atoms with E-state index in [1.165, 1.54) is 18.6 Å². The van der Waals surface area contributed by atoms with E-state index in [0.717, 1.165) is 12.8 Å². The van der Waals surface area contributed by atoms with Gasteiger partial charge >= 0.3 is 0 Å². The van der Waals surface area contributed by atoms with Crippen molar-refractivity contribution in [1.29, 1.82) is 0 Å². The van der Waals surface area contributed by atoms with Crippen LogP contribution in [0.5, 0.6) is 0 Å². The average molecular weight is 294 g/mol. The van der Waals surface area contributed by atoms with Crippen molar-refractivity contribution in [1.82, 2.24) is 0 Å². The molecule has 1 amide bonds. The highest BCUT2D eigenvalue weighted by Gasteiger charge is 2.56. The number of rotatable bonds is 3. The molecule has 0 aromatic heterocycles. The van der Waals surface area contributed by atoms with Gasteiger partial charge in [-0.1, -0.05) is 6.42 Å². The maximum absolute atomic E-state index is 12.2. The summed E-state index contributed by atoms with van der Waals surface area (Å²) in [6.07, 6.45) is 3.55. The Morgan fingerprint density at radius 2 is 1.95 bits per heavy atom. The van der Waals surface area contributed by atoms with Crippen molar-refractivity contribution in [3.8, 4) is 0 Å². The van der Waals surface area contributed by atoms with Crippen LogP contribution in [-0.2, 0) is 14.8 Å². The second-order valence-corrected chi connectivity index (χ2v) is 7.36. The Kier molecular flexibility index (Phi) is 3.10. The predicted molar refractivity (Wildman–Crippen MR) is 75.5 cm³/mol. The van der Waals surface area contributed by atoms with Gasteiger partial charge in [0.25, 0.3) is 0 Å². The van der Waals surface area contributed by atoms with E-state index in [4.69, 9.17) is 5.14 Å². The second kappa shape index (κ2) is 4.56. The molecule has 2 unspecified atom stereocenters. The SMILES string of the molecule is Cc1cc(S(N)(=O)=O)ccc1NC(=O)C1C2CCCC21. The van der Waals surface area contributed by atoms with E-state index in [9.17, 15) is 13.2 Å². The number of hydrogen-bond acceptors (Lipinski definition) is 3. The molecule has 2 aliphatic carbocycles. The van der Waals surface area contributed by atoms with E-state index in [1.54, 1.807) is 13.0 Å². The lowest BCUT2D eigenvalue weighted by atomic mass is 10.1. The molecule has 3 rings (SSSR count). The second-order valence-electron chi connectivity index (χ2n) is 5.80. The van der Waals surface area contributed by atoms with Crippen LogP contribution >= 0.6 is 0 Å². The minimum absolute atomic E-state index is 0.0613. The number of sulfonamides is 1. The Bertz CT molecular complexity index is 659. The molecular weight excluding hydrogens is 276 g/mol. The number of carbonyl (C=O) groups excluding carboxylic acids is 1. The summed E-state index contributed by atoms with van der Waals surface area (Å²) >= 11 is 0. The average Bonchev–Trinajstić information content (AvgIpc) is 2.84. The first-order chi connectivity index (χ1) is 9.38. The number of hydrogen-bond donors (Lipinski definition) is 2. The molecule has 3 N–H and O–H groups in total. The Balaban J connectivity index is 1.73. The molecule has 1 aromatic rings. The minimum Gasteiger partial charge on any atom is -0.326 e. The van der Waals surface area contributed by atoms with Gasteiger partial charge in [0.15, 0.2) is 0 Å². The van der Waals surface area contributed by atoms with Gasteiger partial charge in [0, 0.05) is 11.6 Å². The molecule has 0 spiro atoms. The van der Waals surface area contributed by atoms with Crippen molar-refractivity contribution in [3.63, 3.8) is 0 Å². The Morgan fingerprint density at radius 1 is 1.30 bits per heavy atom. The Morgan fingerprint density at radius 3 is 2.50 bits per heavy atom. The van der Waals surface area contributed by atoms with E-state index >= 15 is 0 Å². The molecule has 0 aliphatic heterocycles. The fourth-order valence-corrected chi connectivity index (χ4v) is 3.98. The lowest BCUT2D eigenvalue weighted by molar-refractivity contribution is -0.118. The molecule has 2 fully saturated rings. The van der Waals surface area contributed by atoms with Crippen LogP contribution in [-0.4, -0.2) is 14.3 Å². The van der Waals surface area contributed by atoms with Crippen molar-refractivity contribution < 1.29 is 13.2 Å². The molecule has 2 saturated carbocycles. The minimum atomic E-state index is -3.70. The first-order valence-corrected chi connectivity index (χ1v) is 8.37. The normalized spacial score (nSPS) is 28.0. The molecule has 0 heterocycles. The summed E-state index contributed by atoms with van der Waals surface area (Å²) in [6, 6.07) is 4.51. The third kappa shape index (κ3) is 2.33. The summed E-state index contributed by atoms with van der Waals surface area (Å²) in [4.78, 5) is 12.2. The molecule has 2 aliphatic rings. The maximum atomic E-state index is 12.2. The number of aryl methyl sites for hydroxylation is 1. The molecule has 2 atom stereocenters. The first-order valence-electron chi connectivity index (χ1n) is 6.82. The zero-order valence-corrected chi connectivity index (χ0v) is 12.1. The van der Waals surface area contributed by atoms with E-state index in [0.29, 0.717) is 23.1 Å². The molecule has 20 heavy (non-hydrogen) atoms. The molecule has 108 valence electrons. The molecule has 0 radical (unpaired) electrons. The van der Waals surface area contributed by atoms with Gasteiger partial charge in [0.2, 0.25) is 15.9 Å². The van der Waals surface area contributed by atoms with Crippen LogP contribution < -0.4 is 10.5 Å². The third-order valence-electron chi connectivity index (χ3n) is 4.49. The quantitative estimate of drug-likeness (QED) is 0.887. The van der Waals surface area contributed by atoms with Crippen molar-refractivity contribution in [2.75, 3.05) is 5.32 Å². The van der Waals surface area contributed by atoms with Crippen LogP contribution in [0.2, 0.25) is 0 Å². The maximum Gasteiger partial charge on any atom is 0.238 e. The zero-order chi connectivity index (χ0) is 14.5. The van der Waals surface area contributed by atoms with Crippen LogP contribution in [0.25, 0.3) is 0 Å². The van der Waals surface area contributed by atoms with E-state index in [2.05, 4.69) is 5.32 Å². The van der Waals surface area contributed by atoms with E-state index in [1.807, 2.05) is 0 Å². The lowest BCUT2D eigenvalue weighted by Gasteiger charge is -2.10. The van der Waals surface area contributed by atoms with Crippen molar-refractivity contribution in [3.05, 3.63) is 23.8 Å². The van der Waals surface area contributed by atoms with Gasteiger partial charge < -0.3 is 5.32 Å². The molecule has 5 nitrogen and oxygen atoms in total. The largest absolute Gasteiger partial charge is 0.326 e. The first kappa shape index (κ1) is 13.6. The number of carbonyl (C=O) groups is 1. The summed E-state index contributed by atoms with van der Waals surface area (Å²) in [7, 11) is -3.70. The van der Waals surface area contributed by atoms with Crippen molar-refractivity contribution in [2.45, 2.75) is 31.1 Å². The highest BCUT2D eigenvalue weighted by Crippen LogP contribution is 2.57. The topological polar surface area (TPSA) is 89.3 Å². The number of benzene rings is 1. The number of nitrogens with two attached hydrogens (primary N) is 1. The molecule has 0 saturated heterocycles. The number of anilines is 1. The van der Waals surface area contributed by atoms with Crippen LogP contribution in [0.3, 0.4) is 0 Å². The summed E-state index contributed by atoms with van der Waals surface area (Å²) < 4.78 is 22.5. The zero-order valence-electron chi connectivity index (χ0n) is 11.3. The van der Waals surface area contributed by atoms with Crippen LogP contribution in [0.4, 0.5) is 5.69 Å². The lowest BCUT2D eigenvalue weighted by Crippen LogP contribution is -2.18. The summed E-state index contributed by atoms with van der Waals surface area (Å²) in [5, 5.41) is 7.99. The van der Waals surface area contributed by atoms with E-state index in [-0.39, 0.29) is 16.7 Å². The highest BCUT2D eigenvalue weighted by molar-refractivity contribution is 7.89. The van der Waals surface area contributed by atoms with Crippen LogP contribution in [0.15, 0.2) is 23.1 Å². The number of amides is 1. The highest BCUT2D eigenvalue weighted by atomic mass is 32.2. The number of fused-ring (bicyclic) bond motifs is 1. The van der Waals surface area contributed by atoms with Gasteiger partial charge in [-0.2, -0.15) is 0 Å². The van der Waals surface area contributed by atoms with Crippen LogP contribution in [0, 0.1) is 24.7 Å². The van der Waals surface area contributed by atoms with Crippen molar-refractivity contribution >= 4 is 21.6 Å². The summed E-state index contributed by atoms with van der Waals surface area (Å²) in [5.41, 5.74) is 1.36. The van der Waals surface area contributed by atoms with Crippen molar-refractivity contribution in [2.24, 2.45) is 22.9 Å². The van der Waals surface area contributed by atoms with Gasteiger partial charge in [-0.15, -0.1) is 0 Å². The molecule has 1 aromatic carbocycles. The molecular formula is C14H18N2O3S. The third-order valence-corrected chi connectivity index (χ3v) is 5.40. The van der Waals surface area contributed by atoms with Crippen LogP contribution in [0.1, 0.15) is 24.8 Å². The summed E-state index contributed by atoms with van der Waals surface area (Å²) in [6.45, 7) is 1.76. The number of primary sulfonamides is 1. The molecule has 6 heteroatoms. The standard InChI is InChI=1S/C14H18N2O3S/c1-8-7-9(20(15,18)19)5-6-12(8)16-14(17)13-10-3-2-4-11(10)13/h5-7,10-11,13H,2-4H2,1H3,(H,16,17)(H2,15,18,19). The smallest absolute Gasteiger partial charge is 0.238 e. The van der Waals surface area contributed by atoms with Gasteiger partial charge in [0.05, 0.1) is 4.90 Å².